The minimum atomic E-state index is 0.130. The van der Waals surface area contributed by atoms with Gasteiger partial charge in [-0.3, -0.25) is 9.69 Å². The smallest absolute Gasteiger partial charge is 0.241 e. The number of amides is 1. The highest BCUT2D eigenvalue weighted by atomic mass is 16.2. The summed E-state index contributed by atoms with van der Waals surface area (Å²) in [4.78, 5) is 16.8. The number of hydrogen-bond acceptors (Lipinski definition) is 4. The molecular formula is C18H26N4O. The van der Waals surface area contributed by atoms with E-state index in [4.69, 9.17) is 5.26 Å². The summed E-state index contributed by atoms with van der Waals surface area (Å²) in [6.45, 7) is 10.5. The number of benzene rings is 1. The van der Waals surface area contributed by atoms with Crippen LogP contribution in [0, 0.1) is 11.3 Å². The zero-order chi connectivity index (χ0) is 16.9. The molecule has 2 rings (SSSR count). The molecule has 0 radical (unpaired) electrons. The van der Waals surface area contributed by atoms with E-state index in [0.717, 1.165) is 38.3 Å². The van der Waals surface area contributed by atoms with Gasteiger partial charge in [0.1, 0.15) is 0 Å². The van der Waals surface area contributed by atoms with E-state index in [9.17, 15) is 4.79 Å². The quantitative estimate of drug-likeness (QED) is 0.930. The summed E-state index contributed by atoms with van der Waals surface area (Å²) in [6.07, 6.45) is 1.01. The maximum atomic E-state index is 12.4. The zero-order valence-electron chi connectivity index (χ0n) is 14.3. The van der Waals surface area contributed by atoms with Crippen molar-refractivity contribution in [3.8, 4) is 6.07 Å². The Morgan fingerprint density at radius 1 is 1.17 bits per heavy atom. The number of nitrogens with zero attached hydrogens (tertiary/aromatic N) is 3. The molecule has 124 valence electrons. The second kappa shape index (κ2) is 7.47. The van der Waals surface area contributed by atoms with Gasteiger partial charge in [-0.15, -0.1) is 0 Å². The minimum Gasteiger partial charge on any atom is -0.376 e. The van der Waals surface area contributed by atoms with Crippen molar-refractivity contribution in [3.63, 3.8) is 0 Å². The molecule has 1 aliphatic rings. The Hall–Kier alpha value is -2.06. The average molecular weight is 314 g/mol. The Morgan fingerprint density at radius 3 is 2.48 bits per heavy atom. The standard InChI is InChI=1S/C18H26N4O/c1-18(2,3)22-10-4-9-21(11-12-22)17(23)14-20-16-7-5-15(13-19)6-8-16/h5-8,20H,4,9-12,14H2,1-3H3. The molecule has 0 bridgehead atoms. The van der Waals surface area contributed by atoms with E-state index in [-0.39, 0.29) is 11.4 Å². The van der Waals surface area contributed by atoms with Crippen molar-refractivity contribution < 1.29 is 4.79 Å². The van der Waals surface area contributed by atoms with Crippen molar-refractivity contribution in [2.45, 2.75) is 32.7 Å². The molecule has 1 aromatic carbocycles. The second-order valence-corrected chi connectivity index (χ2v) is 6.93. The molecule has 0 saturated carbocycles. The van der Waals surface area contributed by atoms with Gasteiger partial charge in [-0.25, -0.2) is 0 Å². The topological polar surface area (TPSA) is 59.4 Å². The van der Waals surface area contributed by atoms with Gasteiger partial charge < -0.3 is 10.2 Å². The number of hydrogen-bond donors (Lipinski definition) is 1. The van der Waals surface area contributed by atoms with E-state index < -0.39 is 0 Å². The lowest BCUT2D eigenvalue weighted by Gasteiger charge is -2.34. The van der Waals surface area contributed by atoms with Crippen LogP contribution in [0.2, 0.25) is 0 Å². The van der Waals surface area contributed by atoms with E-state index >= 15 is 0 Å². The second-order valence-electron chi connectivity index (χ2n) is 6.93. The lowest BCUT2D eigenvalue weighted by atomic mass is 10.1. The summed E-state index contributed by atoms with van der Waals surface area (Å²) < 4.78 is 0. The summed E-state index contributed by atoms with van der Waals surface area (Å²) in [5.74, 6) is 0.130. The van der Waals surface area contributed by atoms with Crippen LogP contribution in [-0.2, 0) is 4.79 Å². The van der Waals surface area contributed by atoms with Gasteiger partial charge >= 0.3 is 0 Å². The van der Waals surface area contributed by atoms with Crippen LogP contribution >= 0.6 is 0 Å². The SMILES string of the molecule is CC(C)(C)N1CCCN(C(=O)CNc2ccc(C#N)cc2)CC1. The fraction of sp³-hybridized carbons (Fsp3) is 0.556. The largest absolute Gasteiger partial charge is 0.376 e. The lowest BCUT2D eigenvalue weighted by Crippen LogP contribution is -2.44. The summed E-state index contributed by atoms with van der Waals surface area (Å²) in [7, 11) is 0. The highest BCUT2D eigenvalue weighted by molar-refractivity contribution is 5.80. The molecule has 0 aliphatic carbocycles. The summed E-state index contributed by atoms with van der Waals surface area (Å²) >= 11 is 0. The van der Waals surface area contributed by atoms with Gasteiger partial charge in [0, 0.05) is 37.4 Å². The van der Waals surface area contributed by atoms with Crippen LogP contribution < -0.4 is 5.32 Å². The number of nitriles is 1. The van der Waals surface area contributed by atoms with Gasteiger partial charge in [0.2, 0.25) is 5.91 Å². The van der Waals surface area contributed by atoms with Crippen LogP contribution in [0.15, 0.2) is 24.3 Å². The Bertz CT molecular complexity index is 568. The number of carbonyl (C=O) groups is 1. The Kier molecular flexibility index (Phi) is 5.62. The fourth-order valence-electron chi connectivity index (χ4n) is 2.79. The predicted octanol–water partition coefficient (Wildman–Crippen LogP) is 2.30. The molecule has 23 heavy (non-hydrogen) atoms. The Morgan fingerprint density at radius 2 is 1.87 bits per heavy atom. The highest BCUT2D eigenvalue weighted by Crippen LogP contribution is 2.16. The number of rotatable bonds is 3. The van der Waals surface area contributed by atoms with Gasteiger partial charge in [0.15, 0.2) is 0 Å². The third-order valence-corrected chi connectivity index (χ3v) is 4.26. The van der Waals surface area contributed by atoms with Crippen molar-refractivity contribution in [2.75, 3.05) is 38.0 Å². The Labute approximate surface area is 138 Å². The molecule has 1 fully saturated rings. The molecule has 0 aromatic heterocycles. The van der Waals surface area contributed by atoms with Gasteiger partial charge in [0.05, 0.1) is 18.2 Å². The summed E-state index contributed by atoms with van der Waals surface area (Å²) in [5.41, 5.74) is 1.64. The first-order valence-electron chi connectivity index (χ1n) is 8.17. The van der Waals surface area contributed by atoms with Gasteiger partial charge in [0.25, 0.3) is 0 Å². The first-order valence-corrected chi connectivity index (χ1v) is 8.17. The molecule has 0 atom stereocenters. The van der Waals surface area contributed by atoms with E-state index in [1.807, 2.05) is 17.0 Å². The van der Waals surface area contributed by atoms with Crippen LogP contribution in [0.4, 0.5) is 5.69 Å². The van der Waals surface area contributed by atoms with Crippen molar-refractivity contribution in [1.82, 2.24) is 9.80 Å². The maximum absolute atomic E-state index is 12.4. The van der Waals surface area contributed by atoms with Gasteiger partial charge in [-0.2, -0.15) is 5.26 Å². The van der Waals surface area contributed by atoms with Crippen molar-refractivity contribution in [1.29, 1.82) is 5.26 Å². The number of carbonyl (C=O) groups excluding carboxylic acids is 1. The summed E-state index contributed by atoms with van der Waals surface area (Å²) in [6, 6.07) is 9.24. The molecule has 1 aromatic rings. The highest BCUT2D eigenvalue weighted by Gasteiger charge is 2.25. The molecule has 1 N–H and O–H groups in total. The third kappa shape index (κ3) is 4.97. The van der Waals surface area contributed by atoms with Crippen LogP contribution in [0.5, 0.6) is 0 Å². The number of anilines is 1. The monoisotopic (exact) mass is 314 g/mol. The predicted molar refractivity (Wildman–Crippen MR) is 92.2 cm³/mol. The average Bonchev–Trinajstić information content (AvgIpc) is 2.79. The molecule has 1 saturated heterocycles. The molecular weight excluding hydrogens is 288 g/mol. The van der Waals surface area contributed by atoms with E-state index in [1.165, 1.54) is 0 Å². The van der Waals surface area contributed by atoms with Gasteiger partial charge in [-0.05, 0) is 51.5 Å². The van der Waals surface area contributed by atoms with E-state index in [1.54, 1.807) is 12.1 Å². The van der Waals surface area contributed by atoms with Crippen molar-refractivity contribution in [3.05, 3.63) is 29.8 Å². The molecule has 1 aliphatic heterocycles. The Balaban J connectivity index is 1.84. The van der Waals surface area contributed by atoms with Crippen LogP contribution in [0.25, 0.3) is 0 Å². The van der Waals surface area contributed by atoms with Crippen LogP contribution in [0.1, 0.15) is 32.8 Å². The zero-order valence-corrected chi connectivity index (χ0v) is 14.3. The first kappa shape index (κ1) is 17.3. The molecule has 5 heteroatoms. The molecule has 0 unspecified atom stereocenters. The van der Waals surface area contributed by atoms with E-state index in [0.29, 0.717) is 12.1 Å². The number of nitrogens with one attached hydrogen (secondary N) is 1. The van der Waals surface area contributed by atoms with E-state index in [2.05, 4.69) is 37.1 Å². The fourth-order valence-corrected chi connectivity index (χ4v) is 2.79. The van der Waals surface area contributed by atoms with Crippen LogP contribution in [-0.4, -0.2) is 54.0 Å². The third-order valence-electron chi connectivity index (χ3n) is 4.26. The lowest BCUT2D eigenvalue weighted by molar-refractivity contribution is -0.129. The van der Waals surface area contributed by atoms with Crippen molar-refractivity contribution in [2.24, 2.45) is 0 Å². The maximum Gasteiger partial charge on any atom is 0.241 e. The first-order chi connectivity index (χ1) is 10.9. The summed E-state index contributed by atoms with van der Waals surface area (Å²) in [5, 5.41) is 11.9. The minimum absolute atomic E-state index is 0.130. The molecule has 5 nitrogen and oxygen atoms in total. The van der Waals surface area contributed by atoms with Crippen LogP contribution in [0.3, 0.4) is 0 Å². The molecule has 1 heterocycles. The van der Waals surface area contributed by atoms with Crippen molar-refractivity contribution >= 4 is 11.6 Å². The molecule has 0 spiro atoms. The molecule has 1 amide bonds. The van der Waals surface area contributed by atoms with Gasteiger partial charge in [-0.1, -0.05) is 0 Å². The normalized spacial score (nSPS) is 16.5.